The summed E-state index contributed by atoms with van der Waals surface area (Å²) in [5, 5.41) is 19.5. The first kappa shape index (κ1) is 12.6. The molecule has 1 saturated carbocycles. The van der Waals surface area contributed by atoms with Gasteiger partial charge in [-0.25, -0.2) is 4.98 Å². The Hall–Kier alpha value is -1.44. The van der Waals surface area contributed by atoms with Gasteiger partial charge < -0.3 is 20.5 Å². The number of nitrogen functional groups attached to an aromatic ring is 1. The third-order valence-corrected chi connectivity index (χ3v) is 3.97. The van der Waals surface area contributed by atoms with Crippen LogP contribution < -0.4 is 5.73 Å². The molecule has 8 heteroatoms. The minimum atomic E-state index is -0.512. The molecular weight excluding hydrogens is 270 g/mol. The summed E-state index contributed by atoms with van der Waals surface area (Å²) in [7, 11) is 0. The van der Waals surface area contributed by atoms with Gasteiger partial charge in [0.2, 0.25) is 5.95 Å². The molecule has 2 heterocycles. The number of hydrogen-bond acceptors (Lipinski definition) is 6. The van der Waals surface area contributed by atoms with Gasteiger partial charge in [-0.3, -0.25) is 0 Å². The Labute approximate surface area is 114 Å². The van der Waals surface area contributed by atoms with Gasteiger partial charge in [0, 0.05) is 12.0 Å². The fraction of sp³-hybridized carbons (Fsp3) is 0.545. The van der Waals surface area contributed by atoms with Gasteiger partial charge in [-0.15, -0.1) is 0 Å². The van der Waals surface area contributed by atoms with Gasteiger partial charge in [0.25, 0.3) is 0 Å². The van der Waals surface area contributed by atoms with E-state index in [4.69, 9.17) is 17.3 Å². The van der Waals surface area contributed by atoms with Crippen molar-refractivity contribution >= 4 is 28.7 Å². The van der Waals surface area contributed by atoms with Gasteiger partial charge in [-0.2, -0.15) is 9.97 Å². The van der Waals surface area contributed by atoms with E-state index >= 15 is 0 Å². The second-order valence-corrected chi connectivity index (χ2v) is 5.11. The molecule has 102 valence electrons. The normalized spacial score (nSPS) is 27.2. The molecule has 19 heavy (non-hydrogen) atoms. The predicted molar refractivity (Wildman–Crippen MR) is 69.6 cm³/mol. The van der Waals surface area contributed by atoms with E-state index in [1.807, 2.05) is 4.57 Å². The van der Waals surface area contributed by atoms with Gasteiger partial charge in [0.15, 0.2) is 10.8 Å². The van der Waals surface area contributed by atoms with Crippen LogP contribution in [0, 0.1) is 5.92 Å². The molecule has 7 nitrogen and oxygen atoms in total. The zero-order chi connectivity index (χ0) is 13.6. The van der Waals surface area contributed by atoms with Crippen LogP contribution in [0.15, 0.2) is 6.33 Å². The first-order valence-electron chi connectivity index (χ1n) is 6.06. The molecule has 3 rings (SSSR count). The molecule has 0 aromatic carbocycles. The molecule has 2 aromatic rings. The number of nitrogens with zero attached hydrogens (tertiary/aromatic N) is 4. The van der Waals surface area contributed by atoms with Crippen LogP contribution in [0.25, 0.3) is 11.2 Å². The topological polar surface area (TPSA) is 110 Å². The van der Waals surface area contributed by atoms with E-state index in [2.05, 4.69) is 15.0 Å². The summed E-state index contributed by atoms with van der Waals surface area (Å²) in [5.41, 5.74) is 6.62. The van der Waals surface area contributed by atoms with Crippen LogP contribution in [0.1, 0.15) is 18.9 Å². The fourth-order valence-electron chi connectivity index (χ4n) is 2.76. The number of imidazole rings is 1. The Morgan fingerprint density at radius 2 is 2.21 bits per heavy atom. The molecule has 1 aliphatic rings. The second kappa shape index (κ2) is 4.59. The van der Waals surface area contributed by atoms with Crippen molar-refractivity contribution in [3.63, 3.8) is 0 Å². The number of aliphatic hydroxyl groups excluding tert-OH is 2. The monoisotopic (exact) mass is 283 g/mol. The molecule has 0 amide bonds. The Morgan fingerprint density at radius 1 is 1.42 bits per heavy atom. The van der Waals surface area contributed by atoms with Gasteiger partial charge in [-0.1, -0.05) is 11.6 Å². The van der Waals surface area contributed by atoms with Gasteiger partial charge in [0.1, 0.15) is 5.52 Å². The number of rotatable bonds is 2. The highest BCUT2D eigenvalue weighted by molar-refractivity contribution is 6.33. The summed E-state index contributed by atoms with van der Waals surface area (Å²) < 4.78 is 1.82. The summed E-state index contributed by atoms with van der Waals surface area (Å²) >= 11 is 5.98. The minimum Gasteiger partial charge on any atom is -0.396 e. The summed E-state index contributed by atoms with van der Waals surface area (Å²) in [6.45, 7) is -0.0835. The minimum absolute atomic E-state index is 0.0598. The smallest absolute Gasteiger partial charge is 0.223 e. The predicted octanol–water partition coefficient (Wildman–Crippen LogP) is 0.366. The molecule has 0 aliphatic heterocycles. The number of fused-ring (bicyclic) bond motifs is 1. The average Bonchev–Trinajstić information content (AvgIpc) is 2.92. The van der Waals surface area contributed by atoms with E-state index < -0.39 is 6.10 Å². The first-order valence-corrected chi connectivity index (χ1v) is 6.44. The van der Waals surface area contributed by atoms with Crippen molar-refractivity contribution in [3.05, 3.63) is 11.5 Å². The molecular formula is C11H14ClN5O2. The van der Waals surface area contributed by atoms with E-state index in [-0.39, 0.29) is 29.7 Å². The number of aliphatic hydroxyl groups is 2. The van der Waals surface area contributed by atoms with E-state index in [0.29, 0.717) is 17.6 Å². The van der Waals surface area contributed by atoms with E-state index in [1.165, 1.54) is 0 Å². The lowest BCUT2D eigenvalue weighted by Crippen LogP contribution is -2.25. The number of aromatic nitrogens is 4. The Kier molecular flexibility index (Phi) is 3.04. The van der Waals surface area contributed by atoms with E-state index in [1.54, 1.807) is 6.33 Å². The first-order chi connectivity index (χ1) is 9.11. The zero-order valence-corrected chi connectivity index (χ0v) is 10.8. The quantitative estimate of drug-likeness (QED) is 0.687. The van der Waals surface area contributed by atoms with E-state index in [9.17, 15) is 10.2 Å². The van der Waals surface area contributed by atoms with Crippen molar-refractivity contribution in [2.24, 2.45) is 5.92 Å². The van der Waals surface area contributed by atoms with Gasteiger partial charge >= 0.3 is 0 Å². The molecule has 0 unspecified atom stereocenters. The molecule has 0 bridgehead atoms. The largest absolute Gasteiger partial charge is 0.396 e. The van der Waals surface area contributed by atoms with Crippen LogP contribution in [0.5, 0.6) is 0 Å². The van der Waals surface area contributed by atoms with E-state index in [0.717, 1.165) is 6.42 Å². The third kappa shape index (κ3) is 1.94. The number of nitrogens with two attached hydrogens (primary N) is 1. The van der Waals surface area contributed by atoms with Crippen LogP contribution in [-0.4, -0.2) is 42.4 Å². The van der Waals surface area contributed by atoms with Crippen molar-refractivity contribution in [1.82, 2.24) is 19.5 Å². The molecule has 1 fully saturated rings. The number of anilines is 1. The number of hydrogen-bond donors (Lipinski definition) is 3. The Balaban J connectivity index is 2.11. The lowest BCUT2D eigenvalue weighted by molar-refractivity contribution is 0.0747. The average molecular weight is 284 g/mol. The lowest BCUT2D eigenvalue weighted by Gasteiger charge is -2.21. The molecule has 0 spiro atoms. The molecule has 0 saturated heterocycles. The maximum absolute atomic E-state index is 9.86. The maximum atomic E-state index is 9.86. The van der Waals surface area contributed by atoms with Gasteiger partial charge in [0.05, 0.1) is 19.0 Å². The summed E-state index contributed by atoms with van der Waals surface area (Å²) in [4.78, 5) is 12.2. The molecule has 0 radical (unpaired) electrons. The highest BCUT2D eigenvalue weighted by Gasteiger charge is 2.36. The zero-order valence-electron chi connectivity index (χ0n) is 10.1. The SMILES string of the molecule is Nc1nc(Cl)c2ncn([C@H]3CC[C@H](O)[C@H]3CO)c2n1. The van der Waals surface area contributed by atoms with Crippen molar-refractivity contribution < 1.29 is 10.2 Å². The summed E-state index contributed by atoms with van der Waals surface area (Å²) in [6.07, 6.45) is 2.49. The third-order valence-electron chi connectivity index (χ3n) is 3.71. The maximum Gasteiger partial charge on any atom is 0.223 e. The lowest BCUT2D eigenvalue weighted by atomic mass is 10.0. The van der Waals surface area contributed by atoms with Crippen LogP contribution in [0.2, 0.25) is 5.15 Å². The molecule has 2 aromatic heterocycles. The van der Waals surface area contributed by atoms with Crippen LogP contribution in [-0.2, 0) is 0 Å². The van der Waals surface area contributed by atoms with Crippen LogP contribution >= 0.6 is 11.6 Å². The van der Waals surface area contributed by atoms with Gasteiger partial charge in [-0.05, 0) is 12.8 Å². The Morgan fingerprint density at radius 3 is 2.95 bits per heavy atom. The molecule has 1 aliphatic carbocycles. The Bertz CT molecular complexity index is 616. The number of halogens is 1. The standard InChI is InChI=1S/C11H14ClN5O2/c12-9-8-10(16-11(13)15-9)17(4-14-8)6-1-2-7(19)5(6)3-18/h4-7,18-19H,1-3H2,(H2,13,15,16)/t5-,6-,7-/m0/s1. The van der Waals surface area contributed by atoms with Crippen molar-refractivity contribution in [2.45, 2.75) is 25.0 Å². The molecule has 3 atom stereocenters. The fourth-order valence-corrected chi connectivity index (χ4v) is 2.98. The second-order valence-electron chi connectivity index (χ2n) is 4.76. The molecule has 4 N–H and O–H groups in total. The van der Waals surface area contributed by atoms with Crippen molar-refractivity contribution in [3.8, 4) is 0 Å². The summed E-state index contributed by atoms with van der Waals surface area (Å²) in [5.74, 6) is -0.147. The highest BCUT2D eigenvalue weighted by atomic mass is 35.5. The summed E-state index contributed by atoms with van der Waals surface area (Å²) in [6, 6.07) is -0.0598. The van der Waals surface area contributed by atoms with Crippen LogP contribution in [0.4, 0.5) is 5.95 Å². The van der Waals surface area contributed by atoms with Crippen molar-refractivity contribution in [1.29, 1.82) is 0 Å². The van der Waals surface area contributed by atoms with Crippen LogP contribution in [0.3, 0.4) is 0 Å². The highest BCUT2D eigenvalue weighted by Crippen LogP contribution is 2.37. The van der Waals surface area contributed by atoms with Crippen molar-refractivity contribution in [2.75, 3.05) is 12.3 Å².